The van der Waals surface area contributed by atoms with Crippen molar-refractivity contribution in [1.29, 1.82) is 0 Å². The number of Topliss-reactive ketones (excluding diaryl/α,β-unsaturated/α-hetero) is 1. The molecule has 1 nitrogen and oxygen atoms in total. The number of hydrogen-bond donors (Lipinski definition) is 0. The Morgan fingerprint density at radius 1 is 1.50 bits per heavy atom. The Hall–Kier alpha value is -0.820. The van der Waals surface area contributed by atoms with E-state index in [0.29, 0.717) is 5.56 Å². The highest BCUT2D eigenvalue weighted by molar-refractivity contribution is 6.33. The van der Waals surface area contributed by atoms with Crippen molar-refractivity contribution in [3.05, 3.63) is 34.9 Å². The highest BCUT2D eigenvalue weighted by atomic mass is 35.5. The summed E-state index contributed by atoms with van der Waals surface area (Å²) >= 11 is 5.74. The quantitative estimate of drug-likeness (QED) is 0.552. The van der Waals surface area contributed by atoms with Crippen LogP contribution >= 0.6 is 11.6 Å². The van der Waals surface area contributed by atoms with Crippen LogP contribution in [0, 0.1) is 6.92 Å². The number of carbonyl (C=O) groups is 1. The number of ketones is 1. The lowest BCUT2D eigenvalue weighted by atomic mass is 10.0. The van der Waals surface area contributed by atoms with Gasteiger partial charge >= 0.3 is 0 Å². The summed E-state index contributed by atoms with van der Waals surface area (Å²) in [5.74, 6) is -0.00239. The maximum Gasteiger partial charge on any atom is 0.180 e. The molecule has 0 heterocycles. The Balaban J connectivity index is 3.03. The van der Waals surface area contributed by atoms with Crippen molar-refractivity contribution in [3.63, 3.8) is 0 Å². The van der Waals surface area contributed by atoms with Gasteiger partial charge in [-0.3, -0.25) is 4.79 Å². The molecule has 0 aliphatic carbocycles. The van der Waals surface area contributed by atoms with Crippen LogP contribution in [0.2, 0.25) is 0 Å². The number of halogens is 1. The van der Waals surface area contributed by atoms with E-state index in [0.717, 1.165) is 12.0 Å². The van der Waals surface area contributed by atoms with Gasteiger partial charge in [0.1, 0.15) is 0 Å². The van der Waals surface area contributed by atoms with E-state index in [4.69, 9.17) is 11.6 Å². The van der Waals surface area contributed by atoms with Crippen molar-refractivity contribution in [1.82, 2.24) is 0 Å². The molecule has 1 atom stereocenters. The van der Waals surface area contributed by atoms with Crippen LogP contribution in [0.5, 0.6) is 0 Å². The van der Waals surface area contributed by atoms with Gasteiger partial charge in [0.15, 0.2) is 5.78 Å². The summed E-state index contributed by atoms with van der Waals surface area (Å²) in [7, 11) is 0. The third kappa shape index (κ3) is 2.36. The average molecular weight is 211 g/mol. The van der Waals surface area contributed by atoms with Gasteiger partial charge in [0.25, 0.3) is 0 Å². The zero-order valence-electron chi connectivity index (χ0n) is 8.80. The van der Waals surface area contributed by atoms with Gasteiger partial charge in [0.2, 0.25) is 0 Å². The van der Waals surface area contributed by atoms with Crippen molar-refractivity contribution in [3.8, 4) is 0 Å². The van der Waals surface area contributed by atoms with Crippen LogP contribution in [0.4, 0.5) is 0 Å². The number of rotatable bonds is 3. The first-order chi connectivity index (χ1) is 6.56. The Labute approximate surface area is 90.1 Å². The first-order valence-corrected chi connectivity index (χ1v) is 5.27. The summed E-state index contributed by atoms with van der Waals surface area (Å²) in [5.41, 5.74) is 3.15. The molecule has 0 radical (unpaired) electrons. The molecule has 0 aliphatic rings. The molecule has 0 saturated carbocycles. The van der Waals surface area contributed by atoms with E-state index < -0.39 is 5.38 Å². The van der Waals surface area contributed by atoms with Gasteiger partial charge < -0.3 is 0 Å². The summed E-state index contributed by atoms with van der Waals surface area (Å²) in [6, 6.07) is 5.77. The molecule has 1 aromatic carbocycles. The van der Waals surface area contributed by atoms with Crippen LogP contribution in [-0.2, 0) is 6.42 Å². The Morgan fingerprint density at radius 2 is 2.14 bits per heavy atom. The van der Waals surface area contributed by atoms with Crippen molar-refractivity contribution in [2.24, 2.45) is 0 Å². The number of alkyl halides is 1. The lowest BCUT2D eigenvalue weighted by Crippen LogP contribution is -2.10. The Bertz CT molecular complexity index is 342. The zero-order valence-corrected chi connectivity index (χ0v) is 9.56. The van der Waals surface area contributed by atoms with Gasteiger partial charge in [-0.15, -0.1) is 11.6 Å². The molecule has 14 heavy (non-hydrogen) atoms. The standard InChI is InChI=1S/C12H15ClO/c1-4-10-5-6-11(7-8(10)2)12(14)9(3)13/h5-7,9H,4H2,1-3H3. The maximum atomic E-state index is 11.6. The average Bonchev–Trinajstić information content (AvgIpc) is 2.16. The van der Waals surface area contributed by atoms with Gasteiger partial charge in [0, 0.05) is 5.56 Å². The van der Waals surface area contributed by atoms with Crippen LogP contribution < -0.4 is 0 Å². The zero-order chi connectivity index (χ0) is 10.7. The minimum Gasteiger partial charge on any atom is -0.293 e. The minimum absolute atomic E-state index is 0.00239. The molecule has 76 valence electrons. The topological polar surface area (TPSA) is 17.1 Å². The molecule has 0 N–H and O–H groups in total. The fourth-order valence-electron chi connectivity index (χ4n) is 1.48. The Kier molecular flexibility index (Phi) is 3.70. The molecular weight excluding hydrogens is 196 g/mol. The summed E-state index contributed by atoms with van der Waals surface area (Å²) in [6.45, 7) is 5.83. The second-order valence-electron chi connectivity index (χ2n) is 3.48. The first kappa shape index (κ1) is 11.3. The van der Waals surface area contributed by atoms with Gasteiger partial charge in [-0.25, -0.2) is 0 Å². The first-order valence-electron chi connectivity index (χ1n) is 4.84. The third-order valence-corrected chi connectivity index (χ3v) is 2.57. The van der Waals surface area contributed by atoms with E-state index in [1.165, 1.54) is 5.56 Å². The molecule has 2 heteroatoms. The molecule has 0 aliphatic heterocycles. The van der Waals surface area contributed by atoms with Gasteiger partial charge in [-0.1, -0.05) is 19.1 Å². The normalized spacial score (nSPS) is 12.6. The van der Waals surface area contributed by atoms with E-state index in [1.54, 1.807) is 6.92 Å². The third-order valence-electron chi connectivity index (χ3n) is 2.37. The van der Waals surface area contributed by atoms with Crippen LogP contribution in [0.15, 0.2) is 18.2 Å². The van der Waals surface area contributed by atoms with E-state index >= 15 is 0 Å². The predicted octanol–water partition coefficient (Wildman–Crippen LogP) is 3.37. The van der Waals surface area contributed by atoms with Crippen LogP contribution in [0.1, 0.15) is 35.3 Å². The summed E-state index contributed by atoms with van der Waals surface area (Å²) in [4.78, 5) is 11.6. The van der Waals surface area contributed by atoms with E-state index in [1.807, 2.05) is 25.1 Å². The predicted molar refractivity (Wildman–Crippen MR) is 60.2 cm³/mol. The maximum absolute atomic E-state index is 11.6. The monoisotopic (exact) mass is 210 g/mol. The molecule has 1 unspecified atom stereocenters. The molecule has 0 saturated heterocycles. The van der Waals surface area contributed by atoms with Crippen LogP contribution in [-0.4, -0.2) is 11.2 Å². The number of benzene rings is 1. The largest absolute Gasteiger partial charge is 0.293 e. The SMILES string of the molecule is CCc1ccc(C(=O)C(C)Cl)cc1C. The molecule has 0 fully saturated rings. The van der Waals surface area contributed by atoms with E-state index in [-0.39, 0.29) is 5.78 Å². The molecule has 0 aromatic heterocycles. The van der Waals surface area contributed by atoms with E-state index in [9.17, 15) is 4.79 Å². The van der Waals surface area contributed by atoms with Crippen molar-refractivity contribution < 1.29 is 4.79 Å². The molecular formula is C12H15ClO. The fourth-order valence-corrected chi connectivity index (χ4v) is 1.60. The lowest BCUT2D eigenvalue weighted by Gasteiger charge is -2.07. The fraction of sp³-hybridized carbons (Fsp3) is 0.417. The van der Waals surface area contributed by atoms with Gasteiger partial charge in [0.05, 0.1) is 5.38 Å². The lowest BCUT2D eigenvalue weighted by molar-refractivity contribution is 0.0991. The molecule has 0 amide bonds. The summed E-state index contributed by atoms with van der Waals surface area (Å²) < 4.78 is 0. The molecule has 1 rings (SSSR count). The second-order valence-corrected chi connectivity index (χ2v) is 4.13. The highest BCUT2D eigenvalue weighted by Gasteiger charge is 2.12. The number of carbonyl (C=O) groups excluding carboxylic acids is 1. The Morgan fingerprint density at radius 3 is 2.57 bits per heavy atom. The summed E-state index contributed by atoms with van der Waals surface area (Å²) in [5, 5.41) is -0.443. The van der Waals surface area contributed by atoms with Crippen LogP contribution in [0.25, 0.3) is 0 Å². The summed E-state index contributed by atoms with van der Waals surface area (Å²) in [6.07, 6.45) is 0.997. The van der Waals surface area contributed by atoms with Crippen molar-refractivity contribution >= 4 is 17.4 Å². The van der Waals surface area contributed by atoms with Gasteiger partial charge in [-0.05, 0) is 37.5 Å². The molecule has 1 aromatic rings. The number of hydrogen-bond acceptors (Lipinski definition) is 1. The van der Waals surface area contributed by atoms with E-state index in [2.05, 4.69) is 6.92 Å². The molecule has 0 spiro atoms. The smallest absolute Gasteiger partial charge is 0.180 e. The van der Waals surface area contributed by atoms with Gasteiger partial charge in [-0.2, -0.15) is 0 Å². The number of aryl methyl sites for hydroxylation is 2. The van der Waals surface area contributed by atoms with Crippen molar-refractivity contribution in [2.75, 3.05) is 0 Å². The molecule has 0 bridgehead atoms. The minimum atomic E-state index is -0.443. The highest BCUT2D eigenvalue weighted by Crippen LogP contribution is 2.14. The second kappa shape index (κ2) is 4.61. The van der Waals surface area contributed by atoms with Crippen molar-refractivity contribution in [2.45, 2.75) is 32.6 Å². The van der Waals surface area contributed by atoms with Crippen LogP contribution in [0.3, 0.4) is 0 Å².